The van der Waals surface area contributed by atoms with Crippen LogP contribution in [0.3, 0.4) is 0 Å². The molecule has 3 aromatic carbocycles. The predicted octanol–water partition coefficient (Wildman–Crippen LogP) is 23.0. The summed E-state index contributed by atoms with van der Waals surface area (Å²) in [7, 11) is 0. The van der Waals surface area contributed by atoms with E-state index in [2.05, 4.69) is 19.8 Å². The molecule has 0 saturated heterocycles. The molecule has 3 aliphatic carbocycles. The van der Waals surface area contributed by atoms with Crippen molar-refractivity contribution in [1.82, 2.24) is 0 Å². The van der Waals surface area contributed by atoms with Crippen LogP contribution in [0.5, 0.6) is 0 Å². The van der Waals surface area contributed by atoms with Gasteiger partial charge in [-0.05, 0) is 25.3 Å². The Kier molecular flexibility index (Phi) is 175. The molecule has 3 aliphatic rings. The summed E-state index contributed by atoms with van der Waals surface area (Å²) in [6.07, 6.45) is 26.4. The van der Waals surface area contributed by atoms with Crippen molar-refractivity contribution in [3.63, 3.8) is 0 Å². The van der Waals surface area contributed by atoms with E-state index < -0.39 is 0 Å². The van der Waals surface area contributed by atoms with Gasteiger partial charge in [0.25, 0.3) is 0 Å². The van der Waals surface area contributed by atoms with E-state index >= 15 is 0 Å². The number of Topliss-reactive ketones (excluding diaryl/α,β-unsaturated/α-hetero) is 2. The van der Waals surface area contributed by atoms with E-state index in [4.69, 9.17) is 5.11 Å². The first-order valence-electron chi connectivity index (χ1n) is 27.3. The van der Waals surface area contributed by atoms with Gasteiger partial charge >= 0.3 is 37.1 Å². The maximum Gasteiger partial charge on any atom is 2.00 e. The first-order valence-corrected chi connectivity index (χ1v) is 27.3. The predicted molar refractivity (Wildman–Crippen MR) is 319 cm³/mol. The Morgan fingerprint density at radius 2 is 0.623 bits per heavy atom. The molecule has 1 N–H and O–H groups in total. The van der Waals surface area contributed by atoms with Crippen molar-refractivity contribution in [3.8, 4) is 0 Å². The number of ketones is 2. The average Bonchev–Trinajstić information content (AvgIpc) is 3.45. The third-order valence-corrected chi connectivity index (χ3v) is 7.91. The molecule has 6 rings (SSSR count). The van der Waals surface area contributed by atoms with Crippen LogP contribution in [0.2, 0.25) is 0 Å². The van der Waals surface area contributed by atoms with Gasteiger partial charge in [-0.15, -0.1) is 0 Å². The number of carbonyl (C=O) groups is 2. The third kappa shape index (κ3) is 100. The number of rotatable bonds is 3. The van der Waals surface area contributed by atoms with E-state index in [-0.39, 0.29) is 70.1 Å². The van der Waals surface area contributed by atoms with E-state index in [0.717, 1.165) is 22.6 Å². The minimum atomic E-state index is 0. The number of hydrogen-bond donors (Lipinski definition) is 1. The SMILES string of the molecule is CC.CC.CC.CC.CC.CC.CC.CC.CC.CC.CC(=O)c1ccccc1.CC(=O)c1ccccc1.CC1CCCCC1.OCc1ccccc1.[CH-]1CCCCC1.[CH-]1CCCCC1.[CH3-].[CH3-].[V+2].[V+2]. The minimum Gasteiger partial charge on any atom is -0.392 e. The average molecular weight is 1050 g/mol. The normalized spacial score (nSPS) is 11.0. The van der Waals surface area contributed by atoms with E-state index in [1.807, 2.05) is 229 Å². The Morgan fingerprint density at radius 3 is 0.739 bits per heavy atom. The maximum atomic E-state index is 10.6. The molecular formula is C64H126O3V2. The maximum absolute atomic E-state index is 10.6. The van der Waals surface area contributed by atoms with Crippen LogP contribution in [-0.4, -0.2) is 16.7 Å². The van der Waals surface area contributed by atoms with Gasteiger partial charge in [0.05, 0.1) is 6.61 Å². The standard InChI is InChI=1S/2C8H8O.C7H8O.C7H14.2C6H11.10C2H6.2CH3.2V/c2*1-7(9)8-5-3-2-4-6-8;8-6-7-4-2-1-3-5-7;1-7-5-3-2-4-6-7;2*1-2-4-6-5-3-1;10*1-2;;;;/h2*2-6H,1H3;1-5,8H,6H2;7H,2-6H2,1H3;2*1H,2-6H2;10*1-2H3;2*1H3;;/q;;;;2*-1;;;;;;;;;;;2*-1;2*+2. The molecule has 0 heterocycles. The molecule has 3 aromatic rings. The Bertz CT molecular complexity index is 995. The molecule has 3 fully saturated rings. The molecule has 5 heteroatoms. The second-order valence-electron chi connectivity index (χ2n) is 12.1. The fraction of sp³-hybridized carbons (Fsp3) is 0.625. The monoisotopic (exact) mass is 1040 g/mol. The van der Waals surface area contributed by atoms with Crippen molar-refractivity contribution in [2.24, 2.45) is 5.92 Å². The Balaban J connectivity index is -0.0000000405. The van der Waals surface area contributed by atoms with Gasteiger partial charge in [-0.1, -0.05) is 307 Å². The van der Waals surface area contributed by atoms with E-state index in [0.29, 0.717) is 0 Å². The van der Waals surface area contributed by atoms with Crippen LogP contribution in [0.15, 0.2) is 91.0 Å². The van der Waals surface area contributed by atoms with Gasteiger partial charge in [-0.25, -0.2) is 0 Å². The fourth-order valence-corrected chi connectivity index (χ4v) is 5.03. The van der Waals surface area contributed by atoms with Gasteiger partial charge in [-0.2, -0.15) is 25.7 Å². The van der Waals surface area contributed by atoms with Crippen molar-refractivity contribution in [2.45, 2.75) is 262 Å². The van der Waals surface area contributed by atoms with E-state index in [9.17, 15) is 9.59 Å². The molecule has 0 spiro atoms. The largest absolute Gasteiger partial charge is 2.00 e. The van der Waals surface area contributed by atoms with Gasteiger partial charge in [0.1, 0.15) is 0 Å². The zero-order valence-corrected chi connectivity index (χ0v) is 54.2. The summed E-state index contributed by atoms with van der Waals surface area (Å²) >= 11 is 0. The van der Waals surface area contributed by atoms with Crippen molar-refractivity contribution >= 4 is 11.6 Å². The molecule has 69 heavy (non-hydrogen) atoms. The van der Waals surface area contributed by atoms with Gasteiger partial charge in [-0.3, -0.25) is 9.59 Å². The molecule has 410 valence electrons. The Labute approximate surface area is 464 Å². The second-order valence-corrected chi connectivity index (χ2v) is 12.1. The molecule has 0 atom stereocenters. The number of hydrogen-bond acceptors (Lipinski definition) is 3. The Morgan fingerprint density at radius 1 is 0.406 bits per heavy atom. The van der Waals surface area contributed by atoms with Crippen LogP contribution in [0, 0.1) is 33.6 Å². The fourth-order valence-electron chi connectivity index (χ4n) is 5.03. The number of aliphatic hydroxyl groups excluding tert-OH is 1. The van der Waals surface area contributed by atoms with E-state index in [1.54, 1.807) is 13.8 Å². The third-order valence-electron chi connectivity index (χ3n) is 7.91. The second kappa shape index (κ2) is 116. The van der Waals surface area contributed by atoms with Crippen molar-refractivity contribution in [2.75, 3.05) is 0 Å². The molecule has 3 nitrogen and oxygen atoms in total. The number of carbonyl (C=O) groups excluding carboxylic acids is 2. The molecular weight excluding hydrogens is 919 g/mol. The van der Waals surface area contributed by atoms with Crippen molar-refractivity contribution < 1.29 is 51.8 Å². The quantitative estimate of drug-likeness (QED) is 0.210. The smallest absolute Gasteiger partial charge is 0.392 e. The number of benzene rings is 3. The summed E-state index contributed by atoms with van der Waals surface area (Å²) in [6.45, 7) is 45.6. The number of aliphatic hydroxyl groups is 1. The van der Waals surface area contributed by atoms with Crippen LogP contribution in [-0.2, 0) is 43.7 Å². The summed E-state index contributed by atoms with van der Waals surface area (Å²) in [6, 6.07) is 28.0. The van der Waals surface area contributed by atoms with Crippen molar-refractivity contribution in [3.05, 3.63) is 135 Å². The van der Waals surface area contributed by atoms with Gasteiger partial charge in [0, 0.05) is 11.1 Å². The van der Waals surface area contributed by atoms with Crippen molar-refractivity contribution in [1.29, 1.82) is 0 Å². The van der Waals surface area contributed by atoms with E-state index in [1.165, 1.54) is 96.3 Å². The molecule has 0 bridgehead atoms. The van der Waals surface area contributed by atoms with Gasteiger partial charge in [0.15, 0.2) is 11.6 Å². The molecule has 0 aromatic heterocycles. The topological polar surface area (TPSA) is 54.4 Å². The van der Waals surface area contributed by atoms with Crippen LogP contribution in [0.25, 0.3) is 0 Å². The molecule has 2 radical (unpaired) electrons. The van der Waals surface area contributed by atoms with Crippen LogP contribution in [0.4, 0.5) is 0 Å². The minimum absolute atomic E-state index is 0. The zero-order valence-electron chi connectivity index (χ0n) is 51.4. The van der Waals surface area contributed by atoms with Crippen LogP contribution < -0.4 is 0 Å². The summed E-state index contributed by atoms with van der Waals surface area (Å²) in [5, 5.41) is 8.54. The Hall–Kier alpha value is -1.87. The van der Waals surface area contributed by atoms with Gasteiger partial charge in [0.2, 0.25) is 0 Å². The molecule has 0 amide bonds. The van der Waals surface area contributed by atoms with Crippen LogP contribution >= 0.6 is 0 Å². The molecule has 3 saturated carbocycles. The summed E-state index contributed by atoms with van der Waals surface area (Å²) in [5.74, 6) is 1.28. The van der Waals surface area contributed by atoms with Gasteiger partial charge < -0.3 is 32.8 Å². The summed E-state index contributed by atoms with van der Waals surface area (Å²) in [4.78, 5) is 21.3. The molecule has 0 unspecified atom stereocenters. The van der Waals surface area contributed by atoms with Crippen LogP contribution in [0.1, 0.15) is 282 Å². The molecule has 0 aliphatic heterocycles. The summed E-state index contributed by atoms with van der Waals surface area (Å²) < 4.78 is 0. The first-order chi connectivity index (χ1) is 31.9. The first kappa shape index (κ1) is 104. The summed E-state index contributed by atoms with van der Waals surface area (Å²) in [5.41, 5.74) is 2.52. The zero-order chi connectivity index (χ0) is 52.8.